The number of hydrogen-bond acceptors (Lipinski definition) is 2. The molecule has 0 unspecified atom stereocenters. The Balaban J connectivity index is 0.00000144. The van der Waals surface area contributed by atoms with Crippen LogP contribution < -0.4 is 10.6 Å². The minimum atomic E-state index is 0. The fourth-order valence-electron chi connectivity index (χ4n) is 1.83. The second-order valence-electron chi connectivity index (χ2n) is 4.69. The third kappa shape index (κ3) is 3.45. The van der Waals surface area contributed by atoms with Crippen LogP contribution in [0.15, 0.2) is 18.2 Å². The lowest BCUT2D eigenvalue weighted by Crippen LogP contribution is -2.27. The van der Waals surface area contributed by atoms with Crippen molar-refractivity contribution in [2.24, 2.45) is 5.92 Å². The van der Waals surface area contributed by atoms with Crippen molar-refractivity contribution in [2.45, 2.75) is 26.9 Å². The van der Waals surface area contributed by atoms with Crippen molar-refractivity contribution >= 4 is 18.3 Å². The molecule has 1 aliphatic rings. The molecule has 1 amide bonds. The molecular formula is C13H19ClN2O. The Kier molecular flexibility index (Phi) is 4.97. The van der Waals surface area contributed by atoms with Crippen LogP contribution in [-0.4, -0.2) is 12.5 Å². The van der Waals surface area contributed by atoms with Crippen LogP contribution in [0.5, 0.6) is 0 Å². The minimum absolute atomic E-state index is 0. The van der Waals surface area contributed by atoms with E-state index in [2.05, 4.69) is 24.5 Å². The van der Waals surface area contributed by atoms with Crippen molar-refractivity contribution in [1.29, 1.82) is 0 Å². The smallest absolute Gasteiger partial charge is 0.251 e. The van der Waals surface area contributed by atoms with Gasteiger partial charge >= 0.3 is 0 Å². The summed E-state index contributed by atoms with van der Waals surface area (Å²) < 4.78 is 0. The maximum Gasteiger partial charge on any atom is 0.251 e. The molecule has 94 valence electrons. The van der Waals surface area contributed by atoms with Crippen LogP contribution in [0.25, 0.3) is 0 Å². The van der Waals surface area contributed by atoms with Gasteiger partial charge < -0.3 is 10.6 Å². The van der Waals surface area contributed by atoms with Gasteiger partial charge in [-0.05, 0) is 29.2 Å². The third-order valence-electron chi connectivity index (χ3n) is 2.77. The van der Waals surface area contributed by atoms with E-state index in [0.29, 0.717) is 5.92 Å². The van der Waals surface area contributed by atoms with E-state index in [0.717, 1.165) is 25.2 Å². The van der Waals surface area contributed by atoms with Crippen molar-refractivity contribution in [3.63, 3.8) is 0 Å². The van der Waals surface area contributed by atoms with Gasteiger partial charge in [0.05, 0.1) is 0 Å². The van der Waals surface area contributed by atoms with Gasteiger partial charge in [-0.3, -0.25) is 4.79 Å². The highest BCUT2D eigenvalue weighted by molar-refractivity contribution is 5.94. The average Bonchev–Trinajstić information content (AvgIpc) is 2.72. The number of carbonyl (C=O) groups is 1. The maximum atomic E-state index is 11.8. The van der Waals surface area contributed by atoms with Crippen molar-refractivity contribution in [1.82, 2.24) is 10.6 Å². The van der Waals surface area contributed by atoms with E-state index in [1.54, 1.807) is 0 Å². The van der Waals surface area contributed by atoms with Gasteiger partial charge in [-0.2, -0.15) is 0 Å². The van der Waals surface area contributed by atoms with E-state index in [9.17, 15) is 4.79 Å². The molecule has 1 aromatic carbocycles. The van der Waals surface area contributed by atoms with Gasteiger partial charge in [-0.25, -0.2) is 0 Å². The number of fused-ring (bicyclic) bond motifs is 1. The second kappa shape index (κ2) is 6.03. The van der Waals surface area contributed by atoms with Crippen LogP contribution in [0, 0.1) is 5.92 Å². The zero-order valence-corrected chi connectivity index (χ0v) is 11.1. The standard InChI is InChI=1S/C13H18N2O.ClH/c1-9(2)6-15-13(16)10-3-4-11-7-14-8-12(11)5-10;/h3-5,9,14H,6-8H2,1-2H3,(H,15,16);1H. The molecule has 0 atom stereocenters. The molecule has 1 heterocycles. The first-order valence-corrected chi connectivity index (χ1v) is 5.77. The number of halogens is 1. The quantitative estimate of drug-likeness (QED) is 0.867. The van der Waals surface area contributed by atoms with Gasteiger partial charge in [0, 0.05) is 25.2 Å². The molecule has 0 saturated carbocycles. The van der Waals surface area contributed by atoms with Crippen LogP contribution in [0.1, 0.15) is 35.3 Å². The summed E-state index contributed by atoms with van der Waals surface area (Å²) in [6, 6.07) is 5.94. The molecule has 1 aromatic rings. The molecule has 0 aromatic heterocycles. The average molecular weight is 255 g/mol. The molecule has 2 N–H and O–H groups in total. The zero-order valence-electron chi connectivity index (χ0n) is 10.2. The van der Waals surface area contributed by atoms with Crippen LogP contribution in [-0.2, 0) is 13.1 Å². The van der Waals surface area contributed by atoms with Gasteiger partial charge in [-0.15, -0.1) is 12.4 Å². The zero-order chi connectivity index (χ0) is 11.5. The molecule has 17 heavy (non-hydrogen) atoms. The molecule has 0 fully saturated rings. The summed E-state index contributed by atoms with van der Waals surface area (Å²) in [5.74, 6) is 0.517. The molecule has 0 radical (unpaired) electrons. The van der Waals surface area contributed by atoms with E-state index >= 15 is 0 Å². The Morgan fingerprint density at radius 3 is 2.76 bits per heavy atom. The lowest BCUT2D eigenvalue weighted by atomic mass is 10.1. The third-order valence-corrected chi connectivity index (χ3v) is 2.77. The van der Waals surface area contributed by atoms with E-state index in [1.165, 1.54) is 11.1 Å². The first kappa shape index (κ1) is 14.0. The fraction of sp³-hybridized carbons (Fsp3) is 0.462. The largest absolute Gasteiger partial charge is 0.352 e. The molecule has 2 rings (SSSR count). The maximum absolute atomic E-state index is 11.8. The molecular weight excluding hydrogens is 236 g/mol. The molecule has 0 spiro atoms. The highest BCUT2D eigenvalue weighted by atomic mass is 35.5. The predicted molar refractivity (Wildman–Crippen MR) is 71.4 cm³/mol. The van der Waals surface area contributed by atoms with Crippen molar-refractivity contribution < 1.29 is 4.79 Å². The first-order valence-electron chi connectivity index (χ1n) is 5.77. The second-order valence-corrected chi connectivity index (χ2v) is 4.69. The highest BCUT2D eigenvalue weighted by Crippen LogP contribution is 2.16. The van der Waals surface area contributed by atoms with Crippen LogP contribution in [0.3, 0.4) is 0 Å². The fourth-order valence-corrected chi connectivity index (χ4v) is 1.83. The van der Waals surface area contributed by atoms with E-state index in [-0.39, 0.29) is 18.3 Å². The van der Waals surface area contributed by atoms with Gasteiger partial charge in [0.15, 0.2) is 0 Å². The lowest BCUT2D eigenvalue weighted by Gasteiger charge is -2.08. The van der Waals surface area contributed by atoms with E-state index in [1.807, 2.05) is 18.2 Å². The predicted octanol–water partition coefficient (Wildman–Crippen LogP) is 2.10. The Morgan fingerprint density at radius 2 is 2.06 bits per heavy atom. The van der Waals surface area contributed by atoms with E-state index < -0.39 is 0 Å². The number of amides is 1. The Morgan fingerprint density at radius 1 is 1.35 bits per heavy atom. The molecule has 4 heteroatoms. The van der Waals surface area contributed by atoms with Crippen LogP contribution in [0.2, 0.25) is 0 Å². The number of hydrogen-bond donors (Lipinski definition) is 2. The van der Waals surface area contributed by atoms with Gasteiger partial charge in [-0.1, -0.05) is 19.9 Å². The number of benzene rings is 1. The lowest BCUT2D eigenvalue weighted by molar-refractivity contribution is 0.0949. The monoisotopic (exact) mass is 254 g/mol. The summed E-state index contributed by atoms with van der Waals surface area (Å²) in [5, 5.41) is 6.20. The van der Waals surface area contributed by atoms with E-state index in [4.69, 9.17) is 0 Å². The topological polar surface area (TPSA) is 41.1 Å². The summed E-state index contributed by atoms with van der Waals surface area (Å²) in [6.07, 6.45) is 0. The minimum Gasteiger partial charge on any atom is -0.352 e. The summed E-state index contributed by atoms with van der Waals surface area (Å²) in [6.45, 7) is 6.71. The summed E-state index contributed by atoms with van der Waals surface area (Å²) in [4.78, 5) is 11.8. The summed E-state index contributed by atoms with van der Waals surface area (Å²) in [5.41, 5.74) is 3.32. The summed E-state index contributed by atoms with van der Waals surface area (Å²) in [7, 11) is 0. The van der Waals surface area contributed by atoms with Crippen molar-refractivity contribution in [3.8, 4) is 0 Å². The SMILES string of the molecule is CC(C)CNC(=O)c1ccc2c(c1)CNC2.Cl. The van der Waals surface area contributed by atoms with Gasteiger partial charge in [0.2, 0.25) is 0 Å². The van der Waals surface area contributed by atoms with Crippen molar-refractivity contribution in [2.75, 3.05) is 6.54 Å². The number of carbonyl (C=O) groups excluding carboxylic acids is 1. The molecule has 0 bridgehead atoms. The van der Waals surface area contributed by atoms with Crippen molar-refractivity contribution in [3.05, 3.63) is 34.9 Å². The van der Waals surface area contributed by atoms with Gasteiger partial charge in [0.25, 0.3) is 5.91 Å². The highest BCUT2D eigenvalue weighted by Gasteiger charge is 2.13. The Labute approximate surface area is 108 Å². The Bertz CT molecular complexity index is 404. The normalized spacial score (nSPS) is 13.1. The molecule has 3 nitrogen and oxygen atoms in total. The van der Waals surface area contributed by atoms with Crippen LogP contribution in [0.4, 0.5) is 0 Å². The first-order chi connectivity index (χ1) is 7.66. The molecule has 1 aliphatic heterocycles. The molecule has 0 saturated heterocycles. The summed E-state index contributed by atoms with van der Waals surface area (Å²) >= 11 is 0. The number of rotatable bonds is 3. The number of nitrogens with one attached hydrogen (secondary N) is 2. The van der Waals surface area contributed by atoms with Gasteiger partial charge in [0.1, 0.15) is 0 Å². The molecule has 0 aliphatic carbocycles. The van der Waals surface area contributed by atoms with Crippen LogP contribution >= 0.6 is 12.4 Å². The Hall–Kier alpha value is -1.06.